The standard InChI is InChI=1S/C5H13O3PS3/c1-5(2,3)12(8)4-11-9(6,7)10/h4H2,1-3H3,(H2,6,7,10). The van der Waals surface area contributed by atoms with E-state index in [4.69, 9.17) is 9.79 Å². The van der Waals surface area contributed by atoms with Crippen LogP contribution in [0.5, 0.6) is 0 Å². The zero-order chi connectivity index (χ0) is 9.99. The Kier molecular flexibility index (Phi) is 5.12. The minimum Gasteiger partial charge on any atom is -0.615 e. The lowest BCUT2D eigenvalue weighted by molar-refractivity contribution is 0.502. The molecule has 0 spiro atoms. The maximum atomic E-state index is 11.4. The second-order valence-electron chi connectivity index (χ2n) is 3.20. The van der Waals surface area contributed by atoms with Gasteiger partial charge < -0.3 is 14.3 Å². The molecule has 0 heterocycles. The van der Waals surface area contributed by atoms with Crippen molar-refractivity contribution in [2.75, 3.05) is 5.08 Å². The Morgan fingerprint density at radius 3 is 2.17 bits per heavy atom. The topological polar surface area (TPSA) is 63.5 Å². The van der Waals surface area contributed by atoms with Crippen LogP contribution in [0.15, 0.2) is 0 Å². The molecule has 0 aromatic rings. The SMILES string of the molecule is CC(C)(C)[S+]([O-])CSP(O)(O)=S. The quantitative estimate of drug-likeness (QED) is 0.584. The molecule has 0 aromatic carbocycles. The van der Waals surface area contributed by atoms with Crippen LogP contribution in [0.1, 0.15) is 20.8 Å². The molecule has 0 rings (SSSR count). The van der Waals surface area contributed by atoms with E-state index in [1.807, 2.05) is 20.8 Å². The van der Waals surface area contributed by atoms with Gasteiger partial charge in [0.05, 0.1) is 0 Å². The van der Waals surface area contributed by atoms with Crippen molar-refractivity contribution in [2.24, 2.45) is 0 Å². The molecule has 0 aliphatic carbocycles. The molecule has 0 amide bonds. The van der Waals surface area contributed by atoms with Gasteiger partial charge in [0, 0.05) is 0 Å². The fourth-order valence-electron chi connectivity index (χ4n) is 0.293. The van der Waals surface area contributed by atoms with Crippen LogP contribution in [-0.2, 0) is 23.0 Å². The van der Waals surface area contributed by atoms with E-state index >= 15 is 0 Å². The molecule has 12 heavy (non-hydrogen) atoms. The Morgan fingerprint density at radius 2 is 1.92 bits per heavy atom. The van der Waals surface area contributed by atoms with Crippen LogP contribution >= 0.6 is 17.1 Å². The molecule has 74 valence electrons. The first-order valence-electron chi connectivity index (χ1n) is 3.21. The maximum Gasteiger partial charge on any atom is 0.246 e. The van der Waals surface area contributed by atoms with E-state index in [-0.39, 0.29) is 9.83 Å². The molecule has 0 saturated carbocycles. The Morgan fingerprint density at radius 1 is 1.50 bits per heavy atom. The summed E-state index contributed by atoms with van der Waals surface area (Å²) in [5.41, 5.74) is -3.23. The average molecular weight is 248 g/mol. The average Bonchev–Trinajstić information content (AvgIpc) is 1.78. The molecule has 0 bridgehead atoms. The summed E-state index contributed by atoms with van der Waals surface area (Å²) in [7, 11) is 0. The van der Waals surface area contributed by atoms with Gasteiger partial charge in [0.2, 0.25) is 5.69 Å². The number of rotatable bonds is 3. The van der Waals surface area contributed by atoms with Gasteiger partial charge in [-0.15, -0.1) is 0 Å². The van der Waals surface area contributed by atoms with Crippen molar-refractivity contribution in [1.29, 1.82) is 0 Å². The van der Waals surface area contributed by atoms with Crippen LogP contribution in [0, 0.1) is 0 Å². The molecule has 0 radical (unpaired) electrons. The minimum absolute atomic E-state index is 0.188. The zero-order valence-electron chi connectivity index (χ0n) is 7.18. The first kappa shape index (κ1) is 13.2. The van der Waals surface area contributed by atoms with Crippen LogP contribution in [0.25, 0.3) is 0 Å². The summed E-state index contributed by atoms with van der Waals surface area (Å²) in [6.07, 6.45) is 0. The smallest absolute Gasteiger partial charge is 0.246 e. The van der Waals surface area contributed by atoms with Crippen molar-refractivity contribution in [2.45, 2.75) is 25.5 Å². The van der Waals surface area contributed by atoms with Crippen molar-refractivity contribution in [1.82, 2.24) is 0 Å². The van der Waals surface area contributed by atoms with Gasteiger partial charge >= 0.3 is 0 Å². The third-order valence-corrected chi connectivity index (χ3v) is 6.90. The molecule has 0 aromatic heterocycles. The first-order chi connectivity index (χ1) is 5.13. The van der Waals surface area contributed by atoms with Crippen molar-refractivity contribution in [3.63, 3.8) is 0 Å². The maximum absolute atomic E-state index is 11.4. The van der Waals surface area contributed by atoms with Crippen molar-refractivity contribution < 1.29 is 14.3 Å². The second kappa shape index (κ2) is 4.64. The van der Waals surface area contributed by atoms with Gasteiger partial charge in [0.25, 0.3) is 0 Å². The van der Waals surface area contributed by atoms with E-state index < -0.39 is 16.9 Å². The highest BCUT2D eigenvalue weighted by molar-refractivity contribution is 8.68. The molecular formula is C5H13O3PS3. The lowest BCUT2D eigenvalue weighted by Gasteiger charge is -2.24. The van der Waals surface area contributed by atoms with Crippen LogP contribution in [0.4, 0.5) is 0 Å². The molecule has 3 nitrogen and oxygen atoms in total. The monoisotopic (exact) mass is 248 g/mol. The third kappa shape index (κ3) is 6.71. The van der Waals surface area contributed by atoms with Gasteiger partial charge in [-0.1, -0.05) is 0 Å². The normalized spacial score (nSPS) is 16.2. The predicted molar refractivity (Wildman–Crippen MR) is 59.1 cm³/mol. The number of hydrogen-bond donors (Lipinski definition) is 2. The van der Waals surface area contributed by atoms with Gasteiger partial charge in [0.15, 0.2) is 5.08 Å². The summed E-state index contributed by atoms with van der Waals surface area (Å²) in [4.78, 5) is 17.7. The molecule has 7 heteroatoms. The molecule has 1 atom stereocenters. The second-order valence-corrected chi connectivity index (χ2v) is 11.8. The molecule has 1 unspecified atom stereocenters. The summed E-state index contributed by atoms with van der Waals surface area (Å²) in [5.74, 6) is 0. The largest absolute Gasteiger partial charge is 0.615 e. The molecule has 0 fully saturated rings. The lowest BCUT2D eigenvalue weighted by Crippen LogP contribution is -2.29. The molecule has 0 saturated heterocycles. The van der Waals surface area contributed by atoms with E-state index in [2.05, 4.69) is 11.8 Å². The van der Waals surface area contributed by atoms with Gasteiger partial charge in [-0.25, -0.2) is 0 Å². The van der Waals surface area contributed by atoms with Crippen LogP contribution < -0.4 is 0 Å². The summed E-state index contributed by atoms with van der Waals surface area (Å²) < 4.78 is 11.0. The molecular weight excluding hydrogens is 235 g/mol. The molecule has 2 N–H and O–H groups in total. The highest BCUT2D eigenvalue weighted by Gasteiger charge is 2.27. The Balaban J connectivity index is 3.89. The summed E-state index contributed by atoms with van der Waals surface area (Å²) in [6, 6.07) is 0. The lowest BCUT2D eigenvalue weighted by atomic mass is 10.3. The molecule has 0 aliphatic rings. The van der Waals surface area contributed by atoms with Crippen molar-refractivity contribution in [3.05, 3.63) is 0 Å². The van der Waals surface area contributed by atoms with Crippen molar-refractivity contribution in [3.8, 4) is 0 Å². The third-order valence-electron chi connectivity index (χ3n) is 1.01. The number of hydrogen-bond acceptors (Lipinski definition) is 3. The van der Waals surface area contributed by atoms with Gasteiger partial charge in [-0.05, 0) is 55.1 Å². The van der Waals surface area contributed by atoms with E-state index in [0.29, 0.717) is 0 Å². The van der Waals surface area contributed by atoms with Crippen LogP contribution in [0.3, 0.4) is 0 Å². The van der Waals surface area contributed by atoms with Crippen molar-refractivity contribution >= 4 is 40.1 Å². The summed E-state index contributed by atoms with van der Waals surface area (Å²) in [6.45, 7) is 5.51. The Hall–Kier alpha value is 1.23. The van der Waals surface area contributed by atoms with Gasteiger partial charge in [-0.2, -0.15) is 0 Å². The van der Waals surface area contributed by atoms with Gasteiger partial charge in [-0.3, -0.25) is 0 Å². The fourth-order valence-corrected chi connectivity index (χ4v) is 5.90. The van der Waals surface area contributed by atoms with E-state index in [1.54, 1.807) is 0 Å². The van der Waals surface area contributed by atoms with Crippen LogP contribution in [-0.4, -0.2) is 24.2 Å². The minimum atomic E-state index is -3.23. The summed E-state index contributed by atoms with van der Waals surface area (Å²) >= 11 is 4.10. The first-order valence-corrected chi connectivity index (χ1v) is 8.83. The molecule has 0 aliphatic heterocycles. The highest BCUT2D eigenvalue weighted by Crippen LogP contribution is 2.51. The predicted octanol–water partition coefficient (Wildman–Crippen LogP) is 1.43. The fraction of sp³-hybridized carbons (Fsp3) is 1.00. The Labute approximate surface area is 85.0 Å². The van der Waals surface area contributed by atoms with Crippen LogP contribution in [0.2, 0.25) is 0 Å². The Bertz CT molecular complexity index is 185. The zero-order valence-corrected chi connectivity index (χ0v) is 10.5. The highest BCUT2D eigenvalue weighted by atomic mass is 32.9. The summed E-state index contributed by atoms with van der Waals surface area (Å²) in [5, 5.41) is 0.188. The van der Waals surface area contributed by atoms with E-state index in [0.717, 1.165) is 11.4 Å². The van der Waals surface area contributed by atoms with E-state index in [9.17, 15) is 4.55 Å². The van der Waals surface area contributed by atoms with Gasteiger partial charge in [0.1, 0.15) is 4.75 Å². The van der Waals surface area contributed by atoms with E-state index in [1.165, 1.54) is 0 Å².